The number of pyridine rings is 1. The van der Waals surface area contributed by atoms with Crippen molar-refractivity contribution < 1.29 is 9.59 Å². The Labute approximate surface area is 149 Å². The first kappa shape index (κ1) is 17.7. The number of nitrogens with one attached hydrogen (secondary N) is 2. The van der Waals surface area contributed by atoms with E-state index in [-0.39, 0.29) is 11.9 Å². The maximum Gasteiger partial charge on any atom is 0.270 e. The maximum atomic E-state index is 12.2. The first-order valence-corrected chi connectivity index (χ1v) is 9.32. The fraction of sp³-hybridized carbons (Fsp3) is 0.632. The molecular weight excluding hydrogens is 316 g/mol. The van der Waals surface area contributed by atoms with Crippen molar-refractivity contribution in [1.82, 2.24) is 15.2 Å². The molecule has 1 atom stereocenters. The molecule has 25 heavy (non-hydrogen) atoms. The third kappa shape index (κ3) is 4.94. The van der Waals surface area contributed by atoms with E-state index in [1.807, 2.05) is 24.8 Å². The van der Waals surface area contributed by atoms with Crippen LogP contribution in [0.5, 0.6) is 0 Å². The molecule has 1 aliphatic heterocycles. The largest absolute Gasteiger partial charge is 0.385 e. The third-order valence-corrected chi connectivity index (χ3v) is 4.76. The van der Waals surface area contributed by atoms with Crippen LogP contribution in [0.3, 0.4) is 0 Å². The predicted molar refractivity (Wildman–Crippen MR) is 97.4 cm³/mol. The van der Waals surface area contributed by atoms with Crippen molar-refractivity contribution in [1.29, 1.82) is 0 Å². The van der Waals surface area contributed by atoms with Gasteiger partial charge in [-0.15, -0.1) is 0 Å². The summed E-state index contributed by atoms with van der Waals surface area (Å²) in [5.74, 6) is 0.949. The standard InChI is InChI=1S/C19H28N4O2/c1-13(2)22-18(24)17-10-16(7-8-20-17)21-11-14-4-3-9-23(12-14)19(25)15-5-6-15/h7-8,10,13-15H,3-6,9,11-12H2,1-2H3,(H,20,21)(H,22,24)/t14-/m0/s1. The van der Waals surface area contributed by atoms with E-state index in [9.17, 15) is 9.59 Å². The quantitative estimate of drug-likeness (QED) is 0.830. The normalized spacial score (nSPS) is 20.4. The van der Waals surface area contributed by atoms with Gasteiger partial charge in [-0.1, -0.05) is 0 Å². The van der Waals surface area contributed by atoms with Gasteiger partial charge < -0.3 is 15.5 Å². The van der Waals surface area contributed by atoms with Crippen LogP contribution in [0.2, 0.25) is 0 Å². The van der Waals surface area contributed by atoms with Crippen molar-refractivity contribution in [2.24, 2.45) is 11.8 Å². The van der Waals surface area contributed by atoms with Crippen molar-refractivity contribution in [3.05, 3.63) is 24.0 Å². The zero-order valence-corrected chi connectivity index (χ0v) is 15.1. The Kier molecular flexibility index (Phi) is 5.56. The van der Waals surface area contributed by atoms with Gasteiger partial charge in [0.1, 0.15) is 5.69 Å². The summed E-state index contributed by atoms with van der Waals surface area (Å²) in [6.45, 7) is 6.41. The summed E-state index contributed by atoms with van der Waals surface area (Å²) in [6, 6.07) is 3.75. The molecule has 1 saturated heterocycles. The lowest BCUT2D eigenvalue weighted by atomic mass is 9.97. The molecular formula is C19H28N4O2. The van der Waals surface area contributed by atoms with E-state index in [0.717, 1.165) is 51.0 Å². The minimum atomic E-state index is -0.155. The Balaban J connectivity index is 1.52. The average molecular weight is 344 g/mol. The van der Waals surface area contributed by atoms with Crippen LogP contribution in [0.15, 0.2) is 18.3 Å². The monoisotopic (exact) mass is 344 g/mol. The predicted octanol–water partition coefficient (Wildman–Crippen LogP) is 2.28. The molecule has 3 rings (SSSR count). The lowest BCUT2D eigenvalue weighted by Crippen LogP contribution is -2.42. The summed E-state index contributed by atoms with van der Waals surface area (Å²) in [4.78, 5) is 30.5. The van der Waals surface area contributed by atoms with Gasteiger partial charge in [0.25, 0.3) is 5.91 Å². The molecule has 6 heteroatoms. The molecule has 1 aliphatic carbocycles. The van der Waals surface area contributed by atoms with Crippen molar-refractivity contribution in [2.45, 2.75) is 45.6 Å². The summed E-state index contributed by atoms with van der Waals surface area (Å²) in [5.41, 5.74) is 1.32. The average Bonchev–Trinajstić information content (AvgIpc) is 3.44. The molecule has 2 fully saturated rings. The Morgan fingerprint density at radius 1 is 1.32 bits per heavy atom. The molecule has 2 aliphatic rings. The van der Waals surface area contributed by atoms with E-state index in [0.29, 0.717) is 23.4 Å². The molecule has 0 bridgehead atoms. The lowest BCUT2D eigenvalue weighted by Gasteiger charge is -2.33. The number of amides is 2. The number of carbonyl (C=O) groups excluding carboxylic acids is 2. The van der Waals surface area contributed by atoms with Crippen LogP contribution in [0.1, 0.15) is 50.0 Å². The van der Waals surface area contributed by atoms with Crippen LogP contribution < -0.4 is 10.6 Å². The van der Waals surface area contributed by atoms with Gasteiger partial charge in [-0.05, 0) is 57.6 Å². The second kappa shape index (κ2) is 7.85. The van der Waals surface area contributed by atoms with E-state index < -0.39 is 0 Å². The van der Waals surface area contributed by atoms with Crippen molar-refractivity contribution >= 4 is 17.5 Å². The van der Waals surface area contributed by atoms with Gasteiger partial charge in [-0.3, -0.25) is 14.6 Å². The molecule has 0 radical (unpaired) electrons. The lowest BCUT2D eigenvalue weighted by molar-refractivity contribution is -0.134. The van der Waals surface area contributed by atoms with Crippen LogP contribution in [-0.4, -0.2) is 47.4 Å². The highest BCUT2D eigenvalue weighted by atomic mass is 16.2. The number of hydrogen-bond donors (Lipinski definition) is 2. The highest BCUT2D eigenvalue weighted by molar-refractivity contribution is 5.93. The highest BCUT2D eigenvalue weighted by Gasteiger charge is 2.35. The molecule has 1 aromatic heterocycles. The minimum Gasteiger partial charge on any atom is -0.385 e. The van der Waals surface area contributed by atoms with Gasteiger partial charge in [-0.2, -0.15) is 0 Å². The molecule has 2 amide bonds. The molecule has 2 heterocycles. The number of aromatic nitrogens is 1. The van der Waals surface area contributed by atoms with Gasteiger partial charge in [0.2, 0.25) is 5.91 Å². The molecule has 0 unspecified atom stereocenters. The van der Waals surface area contributed by atoms with Gasteiger partial charge in [0, 0.05) is 43.5 Å². The molecule has 0 aromatic carbocycles. The SMILES string of the molecule is CC(C)NC(=O)c1cc(NC[C@@H]2CCCN(C(=O)C3CC3)C2)ccn1. The number of hydrogen-bond acceptors (Lipinski definition) is 4. The van der Waals surface area contributed by atoms with E-state index in [1.54, 1.807) is 12.3 Å². The second-order valence-electron chi connectivity index (χ2n) is 7.51. The molecule has 2 N–H and O–H groups in total. The summed E-state index contributed by atoms with van der Waals surface area (Å²) in [7, 11) is 0. The number of rotatable bonds is 6. The van der Waals surface area contributed by atoms with Crippen LogP contribution in [0.4, 0.5) is 5.69 Å². The van der Waals surface area contributed by atoms with E-state index in [2.05, 4.69) is 15.6 Å². The van der Waals surface area contributed by atoms with E-state index in [1.165, 1.54) is 0 Å². The molecule has 1 aromatic rings. The summed E-state index contributed by atoms with van der Waals surface area (Å²) >= 11 is 0. The molecule has 0 spiro atoms. The number of anilines is 1. The zero-order valence-electron chi connectivity index (χ0n) is 15.1. The fourth-order valence-electron chi connectivity index (χ4n) is 3.28. The Hall–Kier alpha value is -2.11. The molecule has 6 nitrogen and oxygen atoms in total. The van der Waals surface area contributed by atoms with Crippen LogP contribution >= 0.6 is 0 Å². The molecule has 136 valence electrons. The van der Waals surface area contributed by atoms with Crippen LogP contribution in [0.25, 0.3) is 0 Å². The first-order valence-electron chi connectivity index (χ1n) is 9.32. The van der Waals surface area contributed by atoms with Crippen molar-refractivity contribution in [3.8, 4) is 0 Å². The highest BCUT2D eigenvalue weighted by Crippen LogP contribution is 2.32. The Bertz CT molecular complexity index is 628. The van der Waals surface area contributed by atoms with Gasteiger partial charge in [0.15, 0.2) is 0 Å². The van der Waals surface area contributed by atoms with E-state index in [4.69, 9.17) is 0 Å². The fourth-order valence-corrected chi connectivity index (χ4v) is 3.28. The van der Waals surface area contributed by atoms with Crippen LogP contribution in [-0.2, 0) is 4.79 Å². The zero-order chi connectivity index (χ0) is 17.8. The minimum absolute atomic E-state index is 0.0862. The smallest absolute Gasteiger partial charge is 0.270 e. The van der Waals surface area contributed by atoms with Gasteiger partial charge >= 0.3 is 0 Å². The Morgan fingerprint density at radius 3 is 2.84 bits per heavy atom. The third-order valence-electron chi connectivity index (χ3n) is 4.76. The second-order valence-corrected chi connectivity index (χ2v) is 7.51. The summed E-state index contributed by atoms with van der Waals surface area (Å²) in [6.07, 6.45) is 5.99. The number of carbonyl (C=O) groups is 2. The topological polar surface area (TPSA) is 74.3 Å². The maximum absolute atomic E-state index is 12.2. The number of piperidine rings is 1. The van der Waals surface area contributed by atoms with Gasteiger partial charge in [-0.25, -0.2) is 0 Å². The van der Waals surface area contributed by atoms with Crippen LogP contribution in [0, 0.1) is 11.8 Å². The molecule has 1 saturated carbocycles. The van der Waals surface area contributed by atoms with Crippen molar-refractivity contribution in [2.75, 3.05) is 25.0 Å². The summed E-state index contributed by atoms with van der Waals surface area (Å²) in [5, 5.41) is 6.26. The van der Waals surface area contributed by atoms with Crippen molar-refractivity contribution in [3.63, 3.8) is 0 Å². The van der Waals surface area contributed by atoms with Gasteiger partial charge in [0.05, 0.1) is 0 Å². The summed E-state index contributed by atoms with van der Waals surface area (Å²) < 4.78 is 0. The van der Waals surface area contributed by atoms with E-state index >= 15 is 0 Å². The number of likely N-dealkylation sites (tertiary alicyclic amines) is 1. The Morgan fingerprint density at radius 2 is 2.12 bits per heavy atom. The first-order chi connectivity index (χ1) is 12.0. The number of nitrogens with zero attached hydrogens (tertiary/aromatic N) is 2.